The third-order valence-corrected chi connectivity index (χ3v) is 7.03. The Morgan fingerprint density at radius 1 is 1.09 bits per heavy atom. The summed E-state index contributed by atoms with van der Waals surface area (Å²) in [5.41, 5.74) is 0.784. The fraction of sp³-hybridized carbons (Fsp3) is 0.208. The van der Waals surface area contributed by atoms with E-state index in [9.17, 15) is 26.4 Å². The number of ketones is 1. The second-order valence-electron chi connectivity index (χ2n) is 8.36. The molecule has 0 aliphatic heterocycles. The highest BCUT2D eigenvalue weighted by Gasteiger charge is 2.34. The lowest BCUT2D eigenvalue weighted by Gasteiger charge is -2.15. The van der Waals surface area contributed by atoms with Crippen LogP contribution in [0, 0.1) is 20.8 Å². The number of hydrogen-bond acceptors (Lipinski definition) is 4. The van der Waals surface area contributed by atoms with Crippen molar-refractivity contribution in [2.24, 2.45) is 7.05 Å². The maximum atomic E-state index is 13.6. The Labute approximate surface area is 199 Å². The minimum Gasteiger partial charge on any atom is -0.287 e. The van der Waals surface area contributed by atoms with Crippen LogP contribution in [0.3, 0.4) is 0 Å². The monoisotopic (exact) mass is 503 g/mol. The van der Waals surface area contributed by atoms with Gasteiger partial charge in [-0.05, 0) is 56.2 Å². The lowest BCUT2D eigenvalue weighted by atomic mass is 9.99. The third-order valence-electron chi connectivity index (χ3n) is 5.66. The van der Waals surface area contributed by atoms with Gasteiger partial charge in [0, 0.05) is 17.3 Å². The van der Waals surface area contributed by atoms with Crippen LogP contribution in [0.4, 0.5) is 18.9 Å². The Balaban J connectivity index is 1.81. The van der Waals surface area contributed by atoms with Gasteiger partial charge in [-0.15, -0.1) is 0 Å². The number of pyridine rings is 2. The summed E-state index contributed by atoms with van der Waals surface area (Å²) in [7, 11) is -2.65. The summed E-state index contributed by atoms with van der Waals surface area (Å²) >= 11 is 0. The number of hydrogen-bond donors (Lipinski definition) is 2. The normalized spacial score (nSPS) is 12.2. The molecule has 182 valence electrons. The van der Waals surface area contributed by atoms with Gasteiger partial charge in [-0.25, -0.2) is 18.0 Å². The van der Waals surface area contributed by atoms with Gasteiger partial charge in [-0.2, -0.15) is 13.2 Å². The van der Waals surface area contributed by atoms with Gasteiger partial charge < -0.3 is 0 Å². The largest absolute Gasteiger partial charge is 0.416 e. The molecule has 0 spiro atoms. The lowest BCUT2D eigenvalue weighted by Crippen LogP contribution is -2.30. The molecule has 0 amide bonds. The van der Waals surface area contributed by atoms with Crippen molar-refractivity contribution < 1.29 is 31.0 Å². The fourth-order valence-corrected chi connectivity index (χ4v) is 5.09. The molecular weight excluding hydrogens is 481 g/mol. The zero-order chi connectivity index (χ0) is 25.7. The average molecular weight is 504 g/mol. The molecule has 0 fully saturated rings. The van der Waals surface area contributed by atoms with Crippen molar-refractivity contribution in [3.63, 3.8) is 0 Å². The minimum atomic E-state index is -4.72. The molecule has 3 aromatic heterocycles. The Bertz CT molecular complexity index is 1590. The first-order chi connectivity index (χ1) is 16.3. The topological polar surface area (TPSA) is 95.8 Å². The van der Waals surface area contributed by atoms with Gasteiger partial charge in [0.05, 0.1) is 41.0 Å². The van der Waals surface area contributed by atoms with E-state index in [2.05, 4.69) is 14.7 Å². The Kier molecular flexibility index (Phi) is 5.92. The van der Waals surface area contributed by atoms with Gasteiger partial charge in [-0.1, -0.05) is 6.07 Å². The Morgan fingerprint density at radius 3 is 2.49 bits per heavy atom. The van der Waals surface area contributed by atoms with Crippen molar-refractivity contribution in [3.05, 3.63) is 82.4 Å². The zero-order valence-electron chi connectivity index (χ0n) is 19.3. The van der Waals surface area contributed by atoms with Gasteiger partial charge in [0.1, 0.15) is 5.69 Å². The van der Waals surface area contributed by atoms with Crippen molar-refractivity contribution in [1.82, 2.24) is 9.97 Å². The number of carbonyl (C=O) groups is 1. The van der Waals surface area contributed by atoms with Crippen LogP contribution in [0.5, 0.6) is 0 Å². The standard InChI is InChI=1S/C24H21F3N4O3S/c1-13-9-19(30-35(33,34)16-6-5-14(2)18(10-16)24(25,26)27)21(29-11-13)22(32)20-15(3)12-31(4)23-17(20)7-8-28-23/h5-12H,1-4H3,(H,30,32)/p+1. The number of H-pyrrole nitrogens is 1. The molecule has 0 bridgehead atoms. The van der Waals surface area contributed by atoms with E-state index in [0.29, 0.717) is 33.8 Å². The summed E-state index contributed by atoms with van der Waals surface area (Å²) in [6, 6.07) is 5.91. The number of aromatic amines is 1. The van der Waals surface area contributed by atoms with E-state index >= 15 is 0 Å². The molecule has 35 heavy (non-hydrogen) atoms. The molecule has 0 saturated heterocycles. The number of anilines is 1. The molecule has 4 rings (SSSR count). The number of nitrogens with one attached hydrogen (secondary N) is 2. The summed E-state index contributed by atoms with van der Waals surface area (Å²) in [5.74, 6) is -0.523. The number of alkyl halides is 3. The molecule has 2 N–H and O–H groups in total. The second-order valence-corrected chi connectivity index (χ2v) is 10.0. The van der Waals surface area contributed by atoms with E-state index in [4.69, 9.17) is 0 Å². The quantitative estimate of drug-likeness (QED) is 0.312. The van der Waals surface area contributed by atoms with Crippen LogP contribution in [0.2, 0.25) is 0 Å². The molecule has 4 aromatic rings. The van der Waals surface area contributed by atoms with Crippen LogP contribution in [-0.4, -0.2) is 24.2 Å². The number of aromatic nitrogens is 3. The number of aryl methyl sites for hydroxylation is 4. The summed E-state index contributed by atoms with van der Waals surface area (Å²) in [6.07, 6.45) is 0.146. The first-order valence-electron chi connectivity index (χ1n) is 10.5. The van der Waals surface area contributed by atoms with Crippen molar-refractivity contribution >= 4 is 32.5 Å². The molecule has 0 saturated carbocycles. The smallest absolute Gasteiger partial charge is 0.287 e. The molecule has 0 aliphatic rings. The molecule has 3 heterocycles. The van der Waals surface area contributed by atoms with Crippen molar-refractivity contribution in [1.29, 1.82) is 0 Å². The van der Waals surface area contributed by atoms with E-state index in [1.165, 1.54) is 19.2 Å². The summed E-state index contributed by atoms with van der Waals surface area (Å²) in [5, 5.41) is 0.627. The van der Waals surface area contributed by atoms with Crippen LogP contribution in [0.25, 0.3) is 11.0 Å². The second kappa shape index (κ2) is 8.49. The van der Waals surface area contributed by atoms with Crippen LogP contribution in [0.15, 0.2) is 53.8 Å². The molecule has 7 nitrogen and oxygen atoms in total. The van der Waals surface area contributed by atoms with Crippen LogP contribution >= 0.6 is 0 Å². The number of rotatable bonds is 5. The molecule has 1 aromatic carbocycles. The number of nitrogens with zero attached hydrogens (tertiary/aromatic N) is 2. The van der Waals surface area contributed by atoms with E-state index in [1.807, 2.05) is 11.6 Å². The van der Waals surface area contributed by atoms with Gasteiger partial charge >= 0.3 is 6.18 Å². The van der Waals surface area contributed by atoms with E-state index in [1.54, 1.807) is 32.3 Å². The van der Waals surface area contributed by atoms with Crippen molar-refractivity contribution in [3.8, 4) is 0 Å². The Hall–Kier alpha value is -3.73. The number of sulfonamides is 1. The third kappa shape index (κ3) is 4.51. The molecular formula is C24H22F3N4O3S+. The highest BCUT2D eigenvalue weighted by atomic mass is 32.2. The number of fused-ring (bicyclic) bond motifs is 1. The minimum absolute atomic E-state index is 0.104. The number of halogens is 3. The van der Waals surface area contributed by atoms with Crippen molar-refractivity contribution in [2.75, 3.05) is 4.72 Å². The summed E-state index contributed by atoms with van der Waals surface area (Å²) < 4.78 is 70.3. The first-order valence-corrected chi connectivity index (χ1v) is 12.0. The highest BCUT2D eigenvalue weighted by Crippen LogP contribution is 2.34. The van der Waals surface area contributed by atoms with Crippen molar-refractivity contribution in [2.45, 2.75) is 31.8 Å². The maximum Gasteiger partial charge on any atom is 0.416 e. The van der Waals surface area contributed by atoms with Gasteiger partial charge in [-0.3, -0.25) is 14.5 Å². The van der Waals surface area contributed by atoms with Gasteiger partial charge in [0.2, 0.25) is 5.78 Å². The molecule has 11 heteroatoms. The molecule has 0 radical (unpaired) electrons. The van der Waals surface area contributed by atoms with Crippen LogP contribution in [-0.2, 0) is 23.2 Å². The predicted molar refractivity (Wildman–Crippen MR) is 124 cm³/mol. The molecule has 0 unspecified atom stereocenters. The first kappa shape index (κ1) is 24.4. The summed E-state index contributed by atoms with van der Waals surface area (Å²) in [4.78, 5) is 20.3. The predicted octanol–water partition coefficient (Wildman–Crippen LogP) is 4.36. The number of benzene rings is 1. The summed E-state index contributed by atoms with van der Waals surface area (Å²) in [6.45, 7) is 4.66. The number of carbonyl (C=O) groups excluding carboxylic acids is 1. The Morgan fingerprint density at radius 2 is 1.80 bits per heavy atom. The fourth-order valence-electron chi connectivity index (χ4n) is 4.01. The van der Waals surface area contributed by atoms with Gasteiger partial charge in [0.25, 0.3) is 15.7 Å². The van der Waals surface area contributed by atoms with Gasteiger partial charge in [0.15, 0.2) is 0 Å². The zero-order valence-corrected chi connectivity index (χ0v) is 20.1. The van der Waals surface area contributed by atoms with Crippen LogP contribution < -0.4 is 9.29 Å². The van der Waals surface area contributed by atoms with E-state index in [-0.39, 0.29) is 16.9 Å². The lowest BCUT2D eigenvalue weighted by molar-refractivity contribution is -0.647. The van der Waals surface area contributed by atoms with E-state index < -0.39 is 32.4 Å². The molecule has 0 atom stereocenters. The molecule has 0 aliphatic carbocycles. The average Bonchev–Trinajstić information content (AvgIpc) is 3.23. The maximum absolute atomic E-state index is 13.6. The highest BCUT2D eigenvalue weighted by molar-refractivity contribution is 7.92. The SMILES string of the molecule is Cc1cnc(C(=O)c2c(C)c[n+](C)c3[nH]ccc23)c(NS(=O)(=O)c2ccc(C)c(C(F)(F)F)c2)c1. The van der Waals surface area contributed by atoms with E-state index in [0.717, 1.165) is 12.1 Å². The van der Waals surface area contributed by atoms with Crippen LogP contribution in [0.1, 0.15) is 38.3 Å².